The van der Waals surface area contributed by atoms with Gasteiger partial charge < -0.3 is 20.5 Å². The lowest BCUT2D eigenvalue weighted by Gasteiger charge is -2.22. The number of hydrogen-bond acceptors (Lipinski definition) is 5. The second-order valence-corrected chi connectivity index (χ2v) is 6.01. The summed E-state index contributed by atoms with van der Waals surface area (Å²) in [5.41, 5.74) is -0.211. The van der Waals surface area contributed by atoms with E-state index in [1.807, 2.05) is 12.3 Å². The molecule has 1 atom stereocenters. The molecule has 0 fully saturated rings. The Bertz CT molecular complexity index is 520. The minimum Gasteiger partial charge on any atom is -0.497 e. The molecule has 122 valence electrons. The van der Waals surface area contributed by atoms with Gasteiger partial charge >= 0.3 is 11.8 Å². The van der Waals surface area contributed by atoms with Gasteiger partial charge in [-0.2, -0.15) is 11.8 Å². The Morgan fingerprint density at radius 1 is 1.32 bits per heavy atom. The second-order valence-electron chi connectivity index (χ2n) is 5.15. The molecule has 2 amide bonds. The maximum absolute atomic E-state index is 11.7. The standard InChI is InChI=1S/C15H22N2O4S/c1-15(20,10-22-3)9-17-14(19)13(18)16-8-11-5-4-6-12(7-11)21-2/h4-7,20H,8-10H2,1-3H3,(H,16,18)(H,17,19)/t15-/m1/s1. The van der Waals surface area contributed by atoms with E-state index in [1.54, 1.807) is 32.2 Å². The first-order chi connectivity index (χ1) is 10.4. The maximum atomic E-state index is 11.7. The van der Waals surface area contributed by atoms with E-state index in [1.165, 1.54) is 11.8 Å². The van der Waals surface area contributed by atoms with Gasteiger partial charge in [0.2, 0.25) is 0 Å². The number of thioether (sulfide) groups is 1. The van der Waals surface area contributed by atoms with E-state index in [-0.39, 0.29) is 13.1 Å². The van der Waals surface area contributed by atoms with Crippen LogP contribution in [0.25, 0.3) is 0 Å². The zero-order valence-corrected chi connectivity index (χ0v) is 13.8. The molecule has 1 aromatic carbocycles. The number of carbonyl (C=O) groups is 2. The van der Waals surface area contributed by atoms with Crippen molar-refractivity contribution in [3.8, 4) is 5.75 Å². The van der Waals surface area contributed by atoms with Crippen LogP contribution in [0.3, 0.4) is 0 Å². The van der Waals surface area contributed by atoms with Crippen molar-refractivity contribution in [1.82, 2.24) is 10.6 Å². The average Bonchev–Trinajstić information content (AvgIpc) is 2.50. The van der Waals surface area contributed by atoms with E-state index in [4.69, 9.17) is 4.74 Å². The molecular formula is C15H22N2O4S. The van der Waals surface area contributed by atoms with E-state index in [0.29, 0.717) is 11.5 Å². The summed E-state index contributed by atoms with van der Waals surface area (Å²) in [7, 11) is 1.56. The van der Waals surface area contributed by atoms with Crippen LogP contribution < -0.4 is 15.4 Å². The molecule has 0 bridgehead atoms. The molecule has 0 unspecified atom stereocenters. The summed E-state index contributed by atoms with van der Waals surface area (Å²) in [5, 5.41) is 14.9. The molecule has 0 saturated heterocycles. The van der Waals surface area contributed by atoms with Gasteiger partial charge in [-0.15, -0.1) is 0 Å². The van der Waals surface area contributed by atoms with Crippen LogP contribution in [-0.4, -0.2) is 48.2 Å². The first kappa shape index (κ1) is 18.3. The van der Waals surface area contributed by atoms with Crippen LogP contribution in [0.4, 0.5) is 0 Å². The predicted molar refractivity (Wildman–Crippen MR) is 86.9 cm³/mol. The van der Waals surface area contributed by atoms with Crippen LogP contribution in [-0.2, 0) is 16.1 Å². The smallest absolute Gasteiger partial charge is 0.309 e. The first-order valence-corrected chi connectivity index (χ1v) is 8.17. The van der Waals surface area contributed by atoms with Crippen molar-refractivity contribution < 1.29 is 19.4 Å². The fraction of sp³-hybridized carbons (Fsp3) is 0.467. The van der Waals surface area contributed by atoms with Crippen LogP contribution in [0.1, 0.15) is 12.5 Å². The molecule has 0 aliphatic rings. The van der Waals surface area contributed by atoms with Gasteiger partial charge in [0.05, 0.1) is 12.7 Å². The van der Waals surface area contributed by atoms with Gasteiger partial charge in [0.15, 0.2) is 0 Å². The summed E-state index contributed by atoms with van der Waals surface area (Å²) in [6, 6.07) is 7.21. The third-order valence-corrected chi connectivity index (χ3v) is 3.79. The molecule has 0 aliphatic carbocycles. The van der Waals surface area contributed by atoms with Crippen molar-refractivity contribution in [3.05, 3.63) is 29.8 Å². The van der Waals surface area contributed by atoms with Crippen LogP contribution in [0, 0.1) is 0 Å². The summed E-state index contributed by atoms with van der Waals surface area (Å²) in [6.07, 6.45) is 1.86. The van der Waals surface area contributed by atoms with Crippen molar-refractivity contribution >= 4 is 23.6 Å². The van der Waals surface area contributed by atoms with Gasteiger partial charge in [0.25, 0.3) is 0 Å². The molecular weight excluding hydrogens is 304 g/mol. The third kappa shape index (κ3) is 6.36. The summed E-state index contributed by atoms with van der Waals surface area (Å²) in [5.74, 6) is -0.338. The molecule has 1 aromatic rings. The predicted octanol–water partition coefficient (Wildman–Crippen LogP) is 0.542. The Labute approximate surface area is 134 Å². The van der Waals surface area contributed by atoms with Crippen LogP contribution in [0.5, 0.6) is 5.75 Å². The number of methoxy groups -OCH3 is 1. The van der Waals surface area contributed by atoms with Crippen LogP contribution >= 0.6 is 11.8 Å². The Kier molecular flexibility index (Phi) is 7.20. The molecule has 0 saturated carbocycles. The van der Waals surface area contributed by atoms with E-state index in [9.17, 15) is 14.7 Å². The second kappa shape index (κ2) is 8.65. The Morgan fingerprint density at radius 3 is 2.64 bits per heavy atom. The highest BCUT2D eigenvalue weighted by Gasteiger charge is 2.22. The largest absolute Gasteiger partial charge is 0.497 e. The highest BCUT2D eigenvalue weighted by molar-refractivity contribution is 7.98. The van der Waals surface area contributed by atoms with Crippen molar-refractivity contribution in [2.24, 2.45) is 0 Å². The fourth-order valence-electron chi connectivity index (χ4n) is 1.76. The van der Waals surface area contributed by atoms with E-state index >= 15 is 0 Å². The van der Waals surface area contributed by atoms with Crippen molar-refractivity contribution in [1.29, 1.82) is 0 Å². The quantitative estimate of drug-likeness (QED) is 0.637. The molecule has 0 spiro atoms. The van der Waals surface area contributed by atoms with Gasteiger partial charge in [-0.05, 0) is 30.9 Å². The minimum absolute atomic E-state index is 0.0270. The number of aliphatic hydroxyl groups is 1. The zero-order chi connectivity index (χ0) is 16.6. The lowest BCUT2D eigenvalue weighted by atomic mass is 10.1. The summed E-state index contributed by atoms with van der Waals surface area (Å²) >= 11 is 1.47. The van der Waals surface area contributed by atoms with E-state index < -0.39 is 17.4 Å². The molecule has 0 aromatic heterocycles. The number of hydrogen-bond donors (Lipinski definition) is 3. The molecule has 0 radical (unpaired) electrons. The number of nitrogens with one attached hydrogen (secondary N) is 2. The highest BCUT2D eigenvalue weighted by Crippen LogP contribution is 2.12. The number of carbonyl (C=O) groups excluding carboxylic acids is 2. The van der Waals surface area contributed by atoms with Crippen LogP contribution in [0.2, 0.25) is 0 Å². The number of rotatable bonds is 7. The Balaban J connectivity index is 2.42. The Hall–Kier alpha value is -1.73. The van der Waals surface area contributed by atoms with Gasteiger partial charge in [0.1, 0.15) is 5.75 Å². The molecule has 0 aliphatic heterocycles. The molecule has 22 heavy (non-hydrogen) atoms. The summed E-state index contributed by atoms with van der Waals surface area (Å²) < 4.78 is 5.09. The normalized spacial score (nSPS) is 13.1. The maximum Gasteiger partial charge on any atom is 0.309 e. The van der Waals surface area contributed by atoms with Gasteiger partial charge in [-0.1, -0.05) is 12.1 Å². The van der Waals surface area contributed by atoms with Crippen LogP contribution in [0.15, 0.2) is 24.3 Å². The monoisotopic (exact) mass is 326 g/mol. The van der Waals surface area contributed by atoms with Crippen molar-refractivity contribution in [2.45, 2.75) is 19.1 Å². The van der Waals surface area contributed by atoms with Gasteiger partial charge in [-0.3, -0.25) is 9.59 Å². The highest BCUT2D eigenvalue weighted by atomic mass is 32.2. The van der Waals surface area contributed by atoms with Gasteiger partial charge in [0, 0.05) is 18.8 Å². The number of benzene rings is 1. The zero-order valence-electron chi connectivity index (χ0n) is 13.0. The average molecular weight is 326 g/mol. The van der Waals surface area contributed by atoms with E-state index in [0.717, 1.165) is 5.56 Å². The SMILES string of the molecule is COc1cccc(CNC(=O)C(=O)NC[C@@](C)(O)CSC)c1. The molecule has 6 nitrogen and oxygen atoms in total. The number of ether oxygens (including phenoxy) is 1. The summed E-state index contributed by atoms with van der Waals surface area (Å²) in [6.45, 7) is 1.86. The first-order valence-electron chi connectivity index (χ1n) is 6.78. The topological polar surface area (TPSA) is 87.7 Å². The van der Waals surface area contributed by atoms with E-state index in [2.05, 4.69) is 10.6 Å². The van der Waals surface area contributed by atoms with Crippen molar-refractivity contribution in [3.63, 3.8) is 0 Å². The molecule has 7 heteroatoms. The third-order valence-electron chi connectivity index (χ3n) is 2.88. The lowest BCUT2D eigenvalue weighted by Crippen LogP contribution is -2.47. The molecule has 0 heterocycles. The van der Waals surface area contributed by atoms with Gasteiger partial charge in [-0.25, -0.2) is 0 Å². The lowest BCUT2D eigenvalue weighted by molar-refractivity contribution is -0.139. The molecule has 3 N–H and O–H groups in total. The number of amides is 2. The Morgan fingerprint density at radius 2 is 2.00 bits per heavy atom. The molecule has 1 rings (SSSR count). The summed E-state index contributed by atoms with van der Waals surface area (Å²) in [4.78, 5) is 23.4. The van der Waals surface area contributed by atoms with Crippen molar-refractivity contribution in [2.75, 3.05) is 25.7 Å². The fourth-order valence-corrected chi connectivity index (χ4v) is 2.48. The minimum atomic E-state index is -1.04.